The third-order valence-electron chi connectivity index (χ3n) is 2.69. The Labute approximate surface area is 108 Å². The van der Waals surface area contributed by atoms with Crippen molar-refractivity contribution in [2.45, 2.75) is 46.3 Å². The molecule has 4 N–H and O–H groups in total. The van der Waals surface area contributed by atoms with Gasteiger partial charge in [-0.3, -0.25) is 0 Å². The van der Waals surface area contributed by atoms with Crippen LogP contribution in [-0.4, -0.2) is 22.6 Å². The molecule has 0 saturated heterocycles. The fraction of sp³-hybridized carbons (Fsp3) is 0.667. The topological polar surface area (TPSA) is 85.1 Å². The highest BCUT2D eigenvalue weighted by molar-refractivity contribution is 5.47. The molecule has 0 bridgehead atoms. The standard InChI is InChI=1S/C12H23N5O/c1-4-9(5-2)14-10-7-11(17-13)16-12(15-10)8-18-6-3/h7,9H,4-6,8,13H2,1-3H3,(H2,14,15,16,17). The van der Waals surface area contributed by atoms with Crippen molar-refractivity contribution in [3.63, 3.8) is 0 Å². The zero-order valence-electron chi connectivity index (χ0n) is 11.4. The van der Waals surface area contributed by atoms with E-state index in [1.165, 1.54) is 0 Å². The molecular formula is C12H23N5O. The van der Waals surface area contributed by atoms with E-state index in [4.69, 9.17) is 10.6 Å². The van der Waals surface area contributed by atoms with Gasteiger partial charge in [-0.2, -0.15) is 0 Å². The molecule has 0 fully saturated rings. The molecule has 6 nitrogen and oxygen atoms in total. The first kappa shape index (κ1) is 14.7. The van der Waals surface area contributed by atoms with Gasteiger partial charge in [-0.25, -0.2) is 15.8 Å². The minimum Gasteiger partial charge on any atom is -0.374 e. The molecule has 0 aliphatic rings. The predicted molar refractivity (Wildman–Crippen MR) is 73.2 cm³/mol. The van der Waals surface area contributed by atoms with Crippen LogP contribution < -0.4 is 16.6 Å². The highest BCUT2D eigenvalue weighted by Crippen LogP contribution is 2.14. The van der Waals surface area contributed by atoms with Crippen LogP contribution in [0.25, 0.3) is 0 Å². The van der Waals surface area contributed by atoms with E-state index in [1.54, 1.807) is 6.07 Å². The van der Waals surface area contributed by atoms with Crippen molar-refractivity contribution in [1.82, 2.24) is 9.97 Å². The molecule has 1 rings (SSSR count). The molecular weight excluding hydrogens is 230 g/mol. The highest BCUT2D eigenvalue weighted by atomic mass is 16.5. The summed E-state index contributed by atoms with van der Waals surface area (Å²) in [6.07, 6.45) is 2.10. The Kier molecular flexibility index (Phi) is 6.38. The van der Waals surface area contributed by atoms with Crippen LogP contribution in [0.2, 0.25) is 0 Å². The fourth-order valence-electron chi connectivity index (χ4n) is 1.60. The van der Waals surface area contributed by atoms with Gasteiger partial charge < -0.3 is 15.5 Å². The first-order valence-electron chi connectivity index (χ1n) is 6.42. The maximum Gasteiger partial charge on any atom is 0.158 e. The van der Waals surface area contributed by atoms with Crippen molar-refractivity contribution in [3.05, 3.63) is 11.9 Å². The molecule has 1 aromatic rings. The normalized spacial score (nSPS) is 10.7. The van der Waals surface area contributed by atoms with E-state index < -0.39 is 0 Å². The summed E-state index contributed by atoms with van der Waals surface area (Å²) in [5.74, 6) is 7.40. The average molecular weight is 253 g/mol. The summed E-state index contributed by atoms with van der Waals surface area (Å²) >= 11 is 0. The summed E-state index contributed by atoms with van der Waals surface area (Å²) in [6.45, 7) is 7.26. The molecule has 0 aliphatic carbocycles. The van der Waals surface area contributed by atoms with Gasteiger partial charge in [0.15, 0.2) is 5.82 Å². The number of aromatic nitrogens is 2. The maximum absolute atomic E-state index is 5.40. The highest BCUT2D eigenvalue weighted by Gasteiger charge is 2.08. The number of ether oxygens (including phenoxy) is 1. The van der Waals surface area contributed by atoms with Gasteiger partial charge in [0.25, 0.3) is 0 Å². The van der Waals surface area contributed by atoms with Crippen LogP contribution in [0.5, 0.6) is 0 Å². The lowest BCUT2D eigenvalue weighted by atomic mass is 10.2. The fourth-order valence-corrected chi connectivity index (χ4v) is 1.60. The van der Waals surface area contributed by atoms with Gasteiger partial charge in [-0.1, -0.05) is 13.8 Å². The Bertz CT molecular complexity index is 354. The zero-order chi connectivity index (χ0) is 13.4. The molecule has 0 atom stereocenters. The van der Waals surface area contributed by atoms with E-state index in [0.717, 1.165) is 18.7 Å². The third kappa shape index (κ3) is 4.46. The molecule has 18 heavy (non-hydrogen) atoms. The van der Waals surface area contributed by atoms with Crippen LogP contribution in [0, 0.1) is 0 Å². The minimum atomic E-state index is 0.392. The average Bonchev–Trinajstić information content (AvgIpc) is 2.42. The zero-order valence-corrected chi connectivity index (χ0v) is 11.4. The molecule has 1 aromatic heterocycles. The number of hydrogen-bond donors (Lipinski definition) is 3. The number of nitrogens with two attached hydrogens (primary N) is 1. The first-order chi connectivity index (χ1) is 8.73. The van der Waals surface area contributed by atoms with Gasteiger partial charge in [0.2, 0.25) is 0 Å². The molecule has 0 radical (unpaired) electrons. The van der Waals surface area contributed by atoms with Crippen LogP contribution >= 0.6 is 0 Å². The molecule has 0 unspecified atom stereocenters. The lowest BCUT2D eigenvalue weighted by Crippen LogP contribution is -2.19. The maximum atomic E-state index is 5.40. The Morgan fingerprint density at radius 3 is 2.44 bits per heavy atom. The lowest BCUT2D eigenvalue weighted by molar-refractivity contribution is 0.128. The SMILES string of the molecule is CCOCc1nc(NN)cc(NC(CC)CC)n1. The molecule has 0 aliphatic heterocycles. The second kappa shape index (κ2) is 7.84. The smallest absolute Gasteiger partial charge is 0.158 e. The lowest BCUT2D eigenvalue weighted by Gasteiger charge is -2.16. The first-order valence-corrected chi connectivity index (χ1v) is 6.42. The van der Waals surface area contributed by atoms with Crippen LogP contribution in [0.1, 0.15) is 39.4 Å². The van der Waals surface area contributed by atoms with E-state index in [-0.39, 0.29) is 0 Å². The van der Waals surface area contributed by atoms with Gasteiger partial charge >= 0.3 is 0 Å². The van der Waals surface area contributed by atoms with Gasteiger partial charge in [0.05, 0.1) is 0 Å². The van der Waals surface area contributed by atoms with E-state index in [9.17, 15) is 0 Å². The molecule has 0 aromatic carbocycles. The van der Waals surface area contributed by atoms with E-state index in [2.05, 4.69) is 34.6 Å². The van der Waals surface area contributed by atoms with Gasteiger partial charge in [-0.15, -0.1) is 0 Å². The minimum absolute atomic E-state index is 0.392. The summed E-state index contributed by atoms with van der Waals surface area (Å²) < 4.78 is 5.31. The third-order valence-corrected chi connectivity index (χ3v) is 2.69. The van der Waals surface area contributed by atoms with E-state index in [1.807, 2.05) is 6.92 Å². The summed E-state index contributed by atoms with van der Waals surface area (Å²) in [5.41, 5.74) is 2.55. The van der Waals surface area contributed by atoms with Crippen molar-refractivity contribution in [1.29, 1.82) is 0 Å². The predicted octanol–water partition coefficient (Wildman–Crippen LogP) is 1.90. The Morgan fingerprint density at radius 1 is 1.22 bits per heavy atom. The van der Waals surface area contributed by atoms with Crippen molar-refractivity contribution < 1.29 is 4.74 Å². The van der Waals surface area contributed by atoms with Crippen LogP contribution in [-0.2, 0) is 11.3 Å². The Morgan fingerprint density at radius 2 is 1.89 bits per heavy atom. The number of anilines is 2. The van der Waals surface area contributed by atoms with Gasteiger partial charge in [-0.05, 0) is 19.8 Å². The number of nitrogens with zero attached hydrogens (tertiary/aromatic N) is 2. The molecule has 0 spiro atoms. The number of nitrogen functional groups attached to an aromatic ring is 1. The van der Waals surface area contributed by atoms with Crippen LogP contribution in [0.3, 0.4) is 0 Å². The van der Waals surface area contributed by atoms with Gasteiger partial charge in [0.1, 0.15) is 18.2 Å². The monoisotopic (exact) mass is 253 g/mol. The Balaban J connectivity index is 2.82. The Hall–Kier alpha value is -1.40. The number of hydrazine groups is 1. The van der Waals surface area contributed by atoms with E-state index >= 15 is 0 Å². The van der Waals surface area contributed by atoms with Crippen molar-refractivity contribution in [2.75, 3.05) is 17.3 Å². The summed E-state index contributed by atoms with van der Waals surface area (Å²) in [6, 6.07) is 2.21. The molecule has 0 amide bonds. The van der Waals surface area contributed by atoms with Crippen LogP contribution in [0.4, 0.5) is 11.6 Å². The molecule has 6 heteroatoms. The summed E-state index contributed by atoms with van der Waals surface area (Å²) in [5, 5.41) is 3.37. The summed E-state index contributed by atoms with van der Waals surface area (Å²) in [4.78, 5) is 8.65. The van der Waals surface area contributed by atoms with Crippen molar-refractivity contribution in [3.8, 4) is 0 Å². The number of nitrogens with one attached hydrogen (secondary N) is 2. The second-order valence-electron chi connectivity index (χ2n) is 3.99. The molecule has 0 saturated carbocycles. The summed E-state index contributed by atoms with van der Waals surface area (Å²) in [7, 11) is 0. The second-order valence-corrected chi connectivity index (χ2v) is 3.99. The number of hydrogen-bond acceptors (Lipinski definition) is 6. The van der Waals surface area contributed by atoms with E-state index in [0.29, 0.717) is 30.9 Å². The largest absolute Gasteiger partial charge is 0.374 e. The quantitative estimate of drug-likeness (QED) is 0.484. The number of rotatable bonds is 8. The van der Waals surface area contributed by atoms with Gasteiger partial charge in [0, 0.05) is 18.7 Å². The van der Waals surface area contributed by atoms with Crippen LogP contribution in [0.15, 0.2) is 6.07 Å². The van der Waals surface area contributed by atoms with Crippen molar-refractivity contribution in [2.24, 2.45) is 5.84 Å². The van der Waals surface area contributed by atoms with Crippen molar-refractivity contribution >= 4 is 11.6 Å². The molecule has 1 heterocycles. The molecule has 102 valence electrons.